The van der Waals surface area contributed by atoms with Crippen molar-refractivity contribution in [3.63, 3.8) is 0 Å². The highest BCUT2D eigenvalue weighted by atomic mass is 19.1. The molecule has 0 aromatic carbocycles. The molecule has 0 N–H and O–H groups in total. The monoisotopic (exact) mass is 172 g/mol. The molecule has 0 atom stereocenters. The Morgan fingerprint density at radius 2 is 1.83 bits per heavy atom. The number of alkyl halides is 1. The van der Waals surface area contributed by atoms with E-state index in [0.717, 1.165) is 31.6 Å². The maximum atomic E-state index is 14.0. The Balaban J connectivity index is 2.44. The summed E-state index contributed by atoms with van der Waals surface area (Å²) in [6.45, 7) is 6.23. The van der Waals surface area contributed by atoms with E-state index in [0.29, 0.717) is 0 Å². The van der Waals surface area contributed by atoms with Gasteiger partial charge < -0.3 is 0 Å². The van der Waals surface area contributed by atoms with Gasteiger partial charge in [-0.15, -0.1) is 0 Å². The summed E-state index contributed by atoms with van der Waals surface area (Å²) in [4.78, 5) is 0. The first kappa shape index (κ1) is 10.0. The highest BCUT2D eigenvalue weighted by molar-refractivity contribution is 4.87. The summed E-state index contributed by atoms with van der Waals surface area (Å²) in [5, 5.41) is 0. The van der Waals surface area contributed by atoms with Crippen molar-refractivity contribution in [2.45, 2.75) is 58.5 Å². The van der Waals surface area contributed by atoms with Crippen molar-refractivity contribution in [3.05, 3.63) is 0 Å². The molecule has 0 aliphatic heterocycles. The van der Waals surface area contributed by atoms with Crippen LogP contribution in [-0.4, -0.2) is 5.67 Å². The fourth-order valence-electron chi connectivity index (χ4n) is 2.14. The molecule has 0 bridgehead atoms. The summed E-state index contributed by atoms with van der Waals surface area (Å²) in [6.07, 6.45) is 5.02. The van der Waals surface area contributed by atoms with Crippen LogP contribution in [0.25, 0.3) is 0 Å². The van der Waals surface area contributed by atoms with E-state index in [4.69, 9.17) is 0 Å². The molecule has 0 nitrogen and oxygen atoms in total. The van der Waals surface area contributed by atoms with Gasteiger partial charge >= 0.3 is 0 Å². The van der Waals surface area contributed by atoms with Gasteiger partial charge in [-0.05, 0) is 37.5 Å². The molecule has 1 fully saturated rings. The van der Waals surface area contributed by atoms with Crippen LogP contribution in [0.4, 0.5) is 4.39 Å². The van der Waals surface area contributed by atoms with E-state index in [1.54, 1.807) is 0 Å². The van der Waals surface area contributed by atoms with Gasteiger partial charge in [-0.1, -0.05) is 27.2 Å². The zero-order chi connectivity index (χ0) is 9.19. The molecule has 0 unspecified atom stereocenters. The highest BCUT2D eigenvalue weighted by Crippen LogP contribution is 2.40. The van der Waals surface area contributed by atoms with Crippen LogP contribution < -0.4 is 0 Å². The second kappa shape index (κ2) is 3.76. The molecule has 0 aromatic rings. The van der Waals surface area contributed by atoms with Gasteiger partial charge in [-0.25, -0.2) is 4.39 Å². The maximum absolute atomic E-state index is 14.0. The standard InChI is InChI=1S/C11H21F/c1-4-10-5-7-11(12,8-6-10)9(2)3/h9-10H,4-8H2,1-3H3. The Hall–Kier alpha value is -0.0700. The lowest BCUT2D eigenvalue weighted by atomic mass is 9.74. The van der Waals surface area contributed by atoms with Gasteiger partial charge in [0, 0.05) is 0 Å². The summed E-state index contributed by atoms with van der Waals surface area (Å²) in [5.74, 6) is 1.00. The van der Waals surface area contributed by atoms with Crippen LogP contribution in [0, 0.1) is 11.8 Å². The molecule has 1 aliphatic carbocycles. The van der Waals surface area contributed by atoms with Crippen molar-refractivity contribution in [2.75, 3.05) is 0 Å². The van der Waals surface area contributed by atoms with E-state index in [2.05, 4.69) is 6.92 Å². The fourth-order valence-corrected chi connectivity index (χ4v) is 2.14. The third kappa shape index (κ3) is 1.99. The molecule has 0 radical (unpaired) electrons. The van der Waals surface area contributed by atoms with Gasteiger partial charge in [0.2, 0.25) is 0 Å². The second-order valence-electron chi connectivity index (χ2n) is 4.54. The minimum atomic E-state index is -0.842. The fraction of sp³-hybridized carbons (Fsp3) is 1.00. The molecule has 72 valence electrons. The van der Waals surface area contributed by atoms with Gasteiger partial charge in [0.15, 0.2) is 0 Å². The Morgan fingerprint density at radius 1 is 1.33 bits per heavy atom. The van der Waals surface area contributed by atoms with Crippen LogP contribution in [0.2, 0.25) is 0 Å². The van der Waals surface area contributed by atoms with Crippen molar-refractivity contribution in [1.29, 1.82) is 0 Å². The van der Waals surface area contributed by atoms with E-state index < -0.39 is 5.67 Å². The van der Waals surface area contributed by atoms with E-state index in [1.807, 2.05) is 13.8 Å². The van der Waals surface area contributed by atoms with E-state index in [9.17, 15) is 4.39 Å². The zero-order valence-electron chi connectivity index (χ0n) is 8.57. The summed E-state index contributed by atoms with van der Waals surface area (Å²) in [5.41, 5.74) is -0.842. The molecule has 0 saturated heterocycles. The number of rotatable bonds is 2. The lowest BCUT2D eigenvalue weighted by Gasteiger charge is -2.36. The topological polar surface area (TPSA) is 0 Å². The van der Waals surface area contributed by atoms with Crippen molar-refractivity contribution in [3.8, 4) is 0 Å². The number of halogens is 1. The molecule has 1 saturated carbocycles. The first-order valence-electron chi connectivity index (χ1n) is 5.27. The van der Waals surface area contributed by atoms with E-state index >= 15 is 0 Å². The van der Waals surface area contributed by atoms with Gasteiger partial charge in [0.25, 0.3) is 0 Å². The van der Waals surface area contributed by atoms with E-state index in [-0.39, 0.29) is 5.92 Å². The van der Waals surface area contributed by atoms with Crippen LogP contribution in [0.1, 0.15) is 52.9 Å². The molecule has 0 spiro atoms. The van der Waals surface area contributed by atoms with Gasteiger partial charge in [-0.3, -0.25) is 0 Å². The predicted molar refractivity (Wildman–Crippen MR) is 50.9 cm³/mol. The molecule has 0 heterocycles. The predicted octanol–water partition coefficient (Wildman–Crippen LogP) is 3.95. The summed E-state index contributed by atoms with van der Waals surface area (Å²) in [7, 11) is 0. The third-order valence-corrected chi connectivity index (χ3v) is 3.55. The number of hydrogen-bond acceptors (Lipinski definition) is 0. The molecular weight excluding hydrogens is 151 g/mol. The van der Waals surface area contributed by atoms with Crippen LogP contribution in [0.5, 0.6) is 0 Å². The smallest absolute Gasteiger partial charge is 0.113 e. The van der Waals surface area contributed by atoms with Gasteiger partial charge in [0.1, 0.15) is 5.67 Å². The van der Waals surface area contributed by atoms with Crippen LogP contribution >= 0.6 is 0 Å². The molecule has 0 amide bonds. The Labute approximate surface area is 75.5 Å². The summed E-state index contributed by atoms with van der Waals surface area (Å²) < 4.78 is 14.0. The van der Waals surface area contributed by atoms with Gasteiger partial charge in [-0.2, -0.15) is 0 Å². The van der Waals surface area contributed by atoms with Crippen LogP contribution in [0.3, 0.4) is 0 Å². The zero-order valence-corrected chi connectivity index (χ0v) is 8.57. The number of hydrogen-bond donors (Lipinski definition) is 0. The van der Waals surface area contributed by atoms with Crippen molar-refractivity contribution in [1.82, 2.24) is 0 Å². The summed E-state index contributed by atoms with van der Waals surface area (Å²) in [6, 6.07) is 0. The minimum absolute atomic E-state index is 0.204. The quantitative estimate of drug-likeness (QED) is 0.591. The molecule has 12 heavy (non-hydrogen) atoms. The van der Waals surface area contributed by atoms with Crippen molar-refractivity contribution >= 4 is 0 Å². The lowest BCUT2D eigenvalue weighted by Crippen LogP contribution is -2.34. The SMILES string of the molecule is CCC1CCC(F)(C(C)C)CC1. The minimum Gasteiger partial charge on any atom is -0.244 e. The highest BCUT2D eigenvalue weighted by Gasteiger charge is 2.37. The normalized spacial score (nSPS) is 37.2. The summed E-state index contributed by atoms with van der Waals surface area (Å²) >= 11 is 0. The Bertz CT molecular complexity index is 132. The second-order valence-corrected chi connectivity index (χ2v) is 4.54. The first-order valence-corrected chi connectivity index (χ1v) is 5.27. The lowest BCUT2D eigenvalue weighted by molar-refractivity contribution is 0.0366. The van der Waals surface area contributed by atoms with Crippen LogP contribution in [0.15, 0.2) is 0 Å². The largest absolute Gasteiger partial charge is 0.244 e. The molecular formula is C11H21F. The third-order valence-electron chi connectivity index (χ3n) is 3.55. The Kier molecular flexibility index (Phi) is 3.14. The molecule has 1 rings (SSSR count). The van der Waals surface area contributed by atoms with Crippen molar-refractivity contribution < 1.29 is 4.39 Å². The average Bonchev–Trinajstić information content (AvgIpc) is 2.06. The Morgan fingerprint density at radius 3 is 2.17 bits per heavy atom. The van der Waals surface area contributed by atoms with Gasteiger partial charge in [0.05, 0.1) is 0 Å². The maximum Gasteiger partial charge on any atom is 0.113 e. The molecule has 1 heteroatoms. The molecule has 0 aromatic heterocycles. The van der Waals surface area contributed by atoms with E-state index in [1.165, 1.54) is 6.42 Å². The molecule has 1 aliphatic rings. The first-order chi connectivity index (χ1) is 5.58. The van der Waals surface area contributed by atoms with Crippen molar-refractivity contribution in [2.24, 2.45) is 11.8 Å². The average molecular weight is 172 g/mol. The van der Waals surface area contributed by atoms with Crippen LogP contribution in [-0.2, 0) is 0 Å².